The van der Waals surface area contributed by atoms with E-state index in [0.29, 0.717) is 24.3 Å². The summed E-state index contributed by atoms with van der Waals surface area (Å²) >= 11 is 0. The van der Waals surface area contributed by atoms with Crippen LogP contribution in [-0.4, -0.2) is 40.6 Å². The van der Waals surface area contributed by atoms with Crippen molar-refractivity contribution in [3.63, 3.8) is 0 Å². The number of hydrogen-bond donors (Lipinski definition) is 1. The van der Waals surface area contributed by atoms with E-state index in [1.165, 1.54) is 12.3 Å². The van der Waals surface area contributed by atoms with Crippen molar-refractivity contribution in [3.05, 3.63) is 59.4 Å². The predicted molar refractivity (Wildman–Crippen MR) is 95.6 cm³/mol. The van der Waals surface area contributed by atoms with Gasteiger partial charge in [-0.1, -0.05) is 12.1 Å². The Bertz CT molecular complexity index is 840. The second-order valence-corrected chi connectivity index (χ2v) is 6.57. The Morgan fingerprint density at radius 1 is 1.38 bits per heavy atom. The summed E-state index contributed by atoms with van der Waals surface area (Å²) in [6.07, 6.45) is 2.96. The van der Waals surface area contributed by atoms with Crippen molar-refractivity contribution in [3.8, 4) is 11.8 Å². The molecular weight excluding hydrogens is 330 g/mol. The fraction of sp³-hybridized carbons (Fsp3) is 0.350. The lowest BCUT2D eigenvalue weighted by Gasteiger charge is -2.37. The molecule has 1 aromatic carbocycles. The molecule has 2 aromatic rings. The number of carbonyl (C=O) groups excluding carboxylic acids is 1. The van der Waals surface area contributed by atoms with Gasteiger partial charge >= 0.3 is 0 Å². The monoisotopic (exact) mass is 351 g/mol. The Morgan fingerprint density at radius 3 is 2.77 bits per heavy atom. The highest BCUT2D eigenvalue weighted by Crippen LogP contribution is 2.36. The van der Waals surface area contributed by atoms with Gasteiger partial charge in [-0.3, -0.25) is 9.78 Å². The van der Waals surface area contributed by atoms with Crippen LogP contribution in [-0.2, 0) is 5.60 Å². The number of rotatable bonds is 4. The average Bonchev–Trinajstić information content (AvgIpc) is 3.18. The van der Waals surface area contributed by atoms with Gasteiger partial charge in [0.25, 0.3) is 5.91 Å². The van der Waals surface area contributed by atoms with Crippen LogP contribution in [0.25, 0.3) is 0 Å². The minimum absolute atomic E-state index is 0.224. The molecule has 1 aliphatic heterocycles. The first kappa shape index (κ1) is 17.9. The van der Waals surface area contributed by atoms with Crippen molar-refractivity contribution in [1.82, 2.24) is 9.88 Å². The second-order valence-electron chi connectivity index (χ2n) is 6.57. The third-order valence-corrected chi connectivity index (χ3v) is 4.95. The zero-order valence-corrected chi connectivity index (χ0v) is 14.8. The number of benzene rings is 1. The van der Waals surface area contributed by atoms with Gasteiger partial charge in [0.2, 0.25) is 0 Å². The molecule has 6 heteroatoms. The van der Waals surface area contributed by atoms with Crippen LogP contribution in [0.3, 0.4) is 0 Å². The first-order valence-electron chi connectivity index (χ1n) is 8.51. The van der Waals surface area contributed by atoms with Gasteiger partial charge in [-0.15, -0.1) is 0 Å². The number of amides is 1. The molecule has 26 heavy (non-hydrogen) atoms. The first-order chi connectivity index (χ1) is 12.5. The smallest absolute Gasteiger partial charge is 0.272 e. The van der Waals surface area contributed by atoms with Gasteiger partial charge in [-0.05, 0) is 49.6 Å². The van der Waals surface area contributed by atoms with Crippen molar-refractivity contribution < 1.29 is 14.6 Å². The molecule has 1 saturated heterocycles. The van der Waals surface area contributed by atoms with E-state index in [0.717, 1.165) is 12.0 Å². The molecule has 1 fully saturated rings. The maximum absolute atomic E-state index is 12.9. The number of ether oxygens (including phenoxy) is 1. The lowest BCUT2D eigenvalue weighted by molar-refractivity contribution is -0.0179. The summed E-state index contributed by atoms with van der Waals surface area (Å²) < 4.78 is 5.17. The zero-order chi connectivity index (χ0) is 18.7. The highest BCUT2D eigenvalue weighted by atomic mass is 16.5. The molecule has 2 atom stereocenters. The number of pyridine rings is 1. The SMILES string of the molecule is COc1ccc([C@](C)(O)[C@@H]2CCCN2C(=O)c2cc(C#N)ccn2)cc1. The van der Waals surface area contributed by atoms with Gasteiger partial charge in [-0.25, -0.2) is 0 Å². The molecule has 1 amide bonds. The number of likely N-dealkylation sites (tertiary alicyclic amines) is 1. The fourth-order valence-electron chi connectivity index (χ4n) is 3.48. The van der Waals surface area contributed by atoms with Gasteiger partial charge in [-0.2, -0.15) is 5.26 Å². The van der Waals surface area contributed by atoms with Crippen molar-refractivity contribution in [2.75, 3.05) is 13.7 Å². The Kier molecular flexibility index (Phi) is 4.92. The maximum Gasteiger partial charge on any atom is 0.272 e. The Hall–Kier alpha value is -2.91. The molecule has 0 bridgehead atoms. The quantitative estimate of drug-likeness (QED) is 0.914. The summed E-state index contributed by atoms with van der Waals surface area (Å²) in [4.78, 5) is 18.7. The number of methoxy groups -OCH3 is 1. The molecule has 0 saturated carbocycles. The average molecular weight is 351 g/mol. The molecule has 2 heterocycles. The third-order valence-electron chi connectivity index (χ3n) is 4.95. The molecule has 0 aliphatic carbocycles. The van der Waals surface area contributed by atoms with Crippen LogP contribution in [0.2, 0.25) is 0 Å². The molecule has 0 unspecified atom stereocenters. The largest absolute Gasteiger partial charge is 0.497 e. The number of nitrogens with zero attached hydrogens (tertiary/aromatic N) is 3. The van der Waals surface area contributed by atoms with Gasteiger partial charge in [0.15, 0.2) is 0 Å². The second kappa shape index (κ2) is 7.14. The molecule has 1 aliphatic rings. The summed E-state index contributed by atoms with van der Waals surface area (Å²) in [7, 11) is 1.59. The molecule has 134 valence electrons. The number of hydrogen-bond acceptors (Lipinski definition) is 5. The molecule has 0 spiro atoms. The summed E-state index contributed by atoms with van der Waals surface area (Å²) in [5.41, 5.74) is 0.134. The van der Waals surface area contributed by atoms with Crippen LogP contribution < -0.4 is 4.74 Å². The van der Waals surface area contributed by atoms with Crippen molar-refractivity contribution in [1.29, 1.82) is 5.26 Å². The number of aromatic nitrogens is 1. The highest BCUT2D eigenvalue weighted by molar-refractivity contribution is 5.93. The summed E-state index contributed by atoms with van der Waals surface area (Å²) in [5, 5.41) is 20.2. The van der Waals surface area contributed by atoms with Gasteiger partial charge in [0, 0.05) is 12.7 Å². The summed E-state index contributed by atoms with van der Waals surface area (Å²) in [6.45, 7) is 2.28. The third kappa shape index (κ3) is 3.26. The molecule has 1 aromatic heterocycles. The van der Waals surface area contributed by atoms with Crippen LogP contribution in [0, 0.1) is 11.3 Å². The van der Waals surface area contributed by atoms with Gasteiger partial charge in [0.1, 0.15) is 17.0 Å². The topological polar surface area (TPSA) is 86.5 Å². The molecule has 3 rings (SSSR count). The van der Waals surface area contributed by atoms with Crippen LogP contribution in [0.15, 0.2) is 42.6 Å². The van der Waals surface area contributed by atoms with Crippen molar-refractivity contribution in [2.45, 2.75) is 31.4 Å². The number of nitriles is 1. The van der Waals surface area contributed by atoms with Gasteiger partial charge in [0.05, 0.1) is 24.8 Å². The van der Waals surface area contributed by atoms with Crippen LogP contribution in [0.1, 0.15) is 41.4 Å². The summed E-state index contributed by atoms with van der Waals surface area (Å²) in [6, 6.07) is 11.9. The fourth-order valence-corrected chi connectivity index (χ4v) is 3.48. The Morgan fingerprint density at radius 2 is 2.12 bits per heavy atom. The minimum atomic E-state index is -1.20. The summed E-state index contributed by atoms with van der Waals surface area (Å²) in [5.74, 6) is 0.444. The number of aliphatic hydroxyl groups is 1. The van der Waals surface area contributed by atoms with E-state index in [2.05, 4.69) is 4.98 Å². The van der Waals surface area contributed by atoms with E-state index in [9.17, 15) is 9.90 Å². The van der Waals surface area contributed by atoms with Crippen molar-refractivity contribution >= 4 is 5.91 Å². The maximum atomic E-state index is 12.9. The van der Waals surface area contributed by atoms with Crippen LogP contribution in [0.5, 0.6) is 5.75 Å². The minimum Gasteiger partial charge on any atom is -0.497 e. The molecule has 1 N–H and O–H groups in total. The van der Waals surface area contributed by atoms with E-state index in [4.69, 9.17) is 10.00 Å². The lowest BCUT2D eigenvalue weighted by atomic mass is 9.86. The molecule has 0 radical (unpaired) electrons. The van der Waals surface area contributed by atoms with E-state index in [1.807, 2.05) is 18.2 Å². The van der Waals surface area contributed by atoms with E-state index < -0.39 is 5.60 Å². The van der Waals surface area contributed by atoms with Gasteiger partial charge < -0.3 is 14.7 Å². The Balaban J connectivity index is 1.88. The van der Waals surface area contributed by atoms with E-state index in [-0.39, 0.29) is 17.6 Å². The van der Waals surface area contributed by atoms with E-state index in [1.54, 1.807) is 37.1 Å². The highest BCUT2D eigenvalue weighted by Gasteiger charge is 2.43. The Labute approximate surface area is 152 Å². The van der Waals surface area contributed by atoms with Crippen molar-refractivity contribution in [2.24, 2.45) is 0 Å². The lowest BCUT2D eigenvalue weighted by Crippen LogP contribution is -2.48. The predicted octanol–water partition coefficient (Wildman–Crippen LogP) is 2.47. The molecular formula is C20H21N3O3. The van der Waals surface area contributed by atoms with Crippen LogP contribution >= 0.6 is 0 Å². The first-order valence-corrected chi connectivity index (χ1v) is 8.51. The standard InChI is InChI=1S/C20H21N3O3/c1-20(25,15-5-7-16(26-2)8-6-15)18-4-3-11-23(18)19(24)17-12-14(13-21)9-10-22-17/h5-10,12,18,25H,3-4,11H2,1-2H3/t18-,20-/m0/s1. The number of carbonyl (C=O) groups is 1. The normalized spacial score (nSPS) is 18.8. The van der Waals surface area contributed by atoms with E-state index >= 15 is 0 Å². The molecule has 6 nitrogen and oxygen atoms in total. The zero-order valence-electron chi connectivity index (χ0n) is 14.8. The van der Waals surface area contributed by atoms with Crippen LogP contribution in [0.4, 0.5) is 0 Å².